The normalized spacial score (nSPS) is 13.6. The van der Waals surface area contributed by atoms with E-state index in [2.05, 4.69) is 0 Å². The molecule has 1 atom stereocenters. The van der Waals surface area contributed by atoms with Crippen molar-refractivity contribution >= 4 is 17.4 Å². The van der Waals surface area contributed by atoms with Gasteiger partial charge in [-0.05, 0) is 13.3 Å². The van der Waals surface area contributed by atoms with Gasteiger partial charge in [0, 0.05) is 0 Å². The van der Waals surface area contributed by atoms with Gasteiger partial charge in [0.15, 0.2) is 0 Å². The molecule has 0 saturated carbocycles. The van der Waals surface area contributed by atoms with Crippen LogP contribution >= 0.6 is 11.6 Å². The van der Waals surface area contributed by atoms with Crippen LogP contribution in [0.15, 0.2) is 0 Å². The topological polar surface area (TPSA) is 17.1 Å². The number of hydrogen-bond donors (Lipinski definition) is 0. The van der Waals surface area contributed by atoms with Crippen molar-refractivity contribution in [3.8, 4) is 0 Å². The van der Waals surface area contributed by atoms with Crippen LogP contribution in [0.1, 0.15) is 20.3 Å². The minimum atomic E-state index is -0.264. The lowest BCUT2D eigenvalue weighted by molar-refractivity contribution is -0.116. The molecular weight excluding hydrogens is 112 g/mol. The summed E-state index contributed by atoms with van der Waals surface area (Å²) >= 11 is 5.45. The fraction of sp³-hybridized carbons (Fsp3) is 0.800. The molecule has 0 heterocycles. The summed E-state index contributed by atoms with van der Waals surface area (Å²) in [7, 11) is 0. The Balaban J connectivity index is 3.34. The molecule has 0 unspecified atom stereocenters. The first-order valence-electron chi connectivity index (χ1n) is 2.33. The van der Waals surface area contributed by atoms with Crippen molar-refractivity contribution in [3.63, 3.8) is 0 Å². The molecule has 0 aliphatic heterocycles. The number of halogens is 1. The van der Waals surface area contributed by atoms with Crippen molar-refractivity contribution in [2.75, 3.05) is 0 Å². The summed E-state index contributed by atoms with van der Waals surface area (Å²) < 4.78 is 0. The van der Waals surface area contributed by atoms with Crippen LogP contribution in [0, 0.1) is 0 Å². The zero-order valence-electron chi connectivity index (χ0n) is 4.57. The third-order valence-corrected chi connectivity index (χ3v) is 1.42. The van der Waals surface area contributed by atoms with Crippen LogP contribution < -0.4 is 0 Å². The number of hydrogen-bond acceptors (Lipinski definition) is 1. The van der Waals surface area contributed by atoms with E-state index in [1.165, 1.54) is 6.92 Å². The van der Waals surface area contributed by atoms with E-state index in [4.69, 9.17) is 11.6 Å². The number of carbonyl (C=O) groups is 1. The molecule has 0 N–H and O–H groups in total. The summed E-state index contributed by atoms with van der Waals surface area (Å²) in [5.74, 6) is 0.0594. The van der Waals surface area contributed by atoms with Crippen LogP contribution in [0.5, 0.6) is 0 Å². The number of Topliss-reactive ketones (excluding diaryl/α,β-unsaturated/α-hetero) is 1. The molecule has 42 valence electrons. The smallest absolute Gasteiger partial charge is 0.147 e. The molecule has 0 aromatic heterocycles. The molecule has 7 heavy (non-hydrogen) atoms. The number of carbonyl (C=O) groups excluding carboxylic acids is 1. The third kappa shape index (κ3) is 2.63. The predicted octanol–water partition coefficient (Wildman–Crippen LogP) is 1.59. The van der Waals surface area contributed by atoms with Crippen LogP contribution in [0.25, 0.3) is 0 Å². The minimum Gasteiger partial charge on any atom is -0.298 e. The van der Waals surface area contributed by atoms with Gasteiger partial charge in [-0.15, -0.1) is 11.6 Å². The van der Waals surface area contributed by atoms with Gasteiger partial charge in [0.2, 0.25) is 0 Å². The monoisotopic (exact) mass is 120 g/mol. The number of ketones is 1. The molecule has 0 amide bonds. The summed E-state index contributed by atoms with van der Waals surface area (Å²) in [6.45, 7) is 3.39. The fourth-order valence-electron chi connectivity index (χ4n) is 0.287. The van der Waals surface area contributed by atoms with Crippen LogP contribution in [-0.4, -0.2) is 11.2 Å². The van der Waals surface area contributed by atoms with Crippen molar-refractivity contribution in [3.05, 3.63) is 0 Å². The Morgan fingerprint density at radius 1 is 1.86 bits per heavy atom. The highest BCUT2D eigenvalue weighted by Crippen LogP contribution is 2.00. The molecule has 0 aromatic carbocycles. The molecule has 2 heteroatoms. The summed E-state index contributed by atoms with van der Waals surface area (Å²) in [5.41, 5.74) is 0. The van der Waals surface area contributed by atoms with Crippen molar-refractivity contribution in [2.24, 2.45) is 0 Å². The van der Waals surface area contributed by atoms with E-state index in [9.17, 15) is 4.79 Å². The highest BCUT2D eigenvalue weighted by molar-refractivity contribution is 6.30. The third-order valence-electron chi connectivity index (χ3n) is 0.800. The second kappa shape index (κ2) is 3.03. The molecule has 0 aromatic rings. The Morgan fingerprint density at radius 3 is 2.29 bits per heavy atom. The molecular formula is C5H9ClO. The molecule has 0 fully saturated rings. The van der Waals surface area contributed by atoms with Crippen molar-refractivity contribution in [1.29, 1.82) is 0 Å². The molecule has 0 aliphatic rings. The standard InChI is InChI=1S/C5H9ClO/c1-3-5(6)4(2)7/h5H,3H2,1-2H3/t5-/m0/s1. The lowest BCUT2D eigenvalue weighted by Crippen LogP contribution is -2.07. The molecule has 0 radical (unpaired) electrons. The maximum Gasteiger partial charge on any atom is 0.147 e. The summed E-state index contributed by atoms with van der Waals surface area (Å²) in [6, 6.07) is 0. The number of rotatable bonds is 2. The Labute approximate surface area is 48.7 Å². The van der Waals surface area contributed by atoms with E-state index < -0.39 is 0 Å². The summed E-state index contributed by atoms with van der Waals surface area (Å²) in [5, 5.41) is -0.264. The van der Waals surface area contributed by atoms with Gasteiger partial charge in [-0.3, -0.25) is 4.79 Å². The minimum absolute atomic E-state index is 0.0594. The quantitative estimate of drug-likeness (QED) is 0.506. The van der Waals surface area contributed by atoms with Crippen LogP contribution in [0.4, 0.5) is 0 Å². The van der Waals surface area contributed by atoms with Crippen LogP contribution in [0.2, 0.25) is 0 Å². The molecule has 0 spiro atoms. The van der Waals surface area contributed by atoms with Crippen molar-refractivity contribution < 1.29 is 4.79 Å². The predicted molar refractivity (Wildman–Crippen MR) is 30.6 cm³/mol. The lowest BCUT2D eigenvalue weighted by atomic mass is 10.2. The maximum absolute atomic E-state index is 10.2. The summed E-state index contributed by atoms with van der Waals surface area (Å²) in [4.78, 5) is 10.2. The van der Waals surface area contributed by atoms with Gasteiger partial charge in [-0.25, -0.2) is 0 Å². The first kappa shape index (κ1) is 6.96. The Bertz CT molecular complexity index is 70.5. The van der Waals surface area contributed by atoms with Gasteiger partial charge in [0.25, 0.3) is 0 Å². The van der Waals surface area contributed by atoms with E-state index in [0.717, 1.165) is 6.42 Å². The van der Waals surface area contributed by atoms with E-state index in [1.54, 1.807) is 0 Å². The number of alkyl halides is 1. The van der Waals surface area contributed by atoms with Crippen LogP contribution in [-0.2, 0) is 4.79 Å². The van der Waals surface area contributed by atoms with Gasteiger partial charge in [-0.2, -0.15) is 0 Å². The highest BCUT2D eigenvalue weighted by Gasteiger charge is 2.04. The van der Waals surface area contributed by atoms with Crippen molar-refractivity contribution in [1.82, 2.24) is 0 Å². The fourth-order valence-corrected chi connectivity index (χ4v) is 0.287. The Hall–Kier alpha value is -0.0400. The van der Waals surface area contributed by atoms with Crippen molar-refractivity contribution in [2.45, 2.75) is 25.6 Å². The maximum atomic E-state index is 10.2. The average Bonchev–Trinajstić information content (AvgIpc) is 1.65. The van der Waals surface area contributed by atoms with Gasteiger partial charge < -0.3 is 0 Å². The highest BCUT2D eigenvalue weighted by atomic mass is 35.5. The van der Waals surface area contributed by atoms with E-state index in [0.29, 0.717) is 0 Å². The van der Waals surface area contributed by atoms with Crippen LogP contribution in [0.3, 0.4) is 0 Å². The van der Waals surface area contributed by atoms with E-state index >= 15 is 0 Å². The van der Waals surface area contributed by atoms with Gasteiger partial charge >= 0.3 is 0 Å². The van der Waals surface area contributed by atoms with Gasteiger partial charge in [0.1, 0.15) is 5.78 Å². The lowest BCUT2D eigenvalue weighted by Gasteiger charge is -1.95. The van der Waals surface area contributed by atoms with E-state index in [1.807, 2.05) is 6.92 Å². The molecule has 0 bridgehead atoms. The van der Waals surface area contributed by atoms with Gasteiger partial charge in [0.05, 0.1) is 5.38 Å². The molecule has 0 saturated heterocycles. The molecule has 1 nitrogen and oxygen atoms in total. The van der Waals surface area contributed by atoms with E-state index in [-0.39, 0.29) is 11.2 Å². The summed E-state index contributed by atoms with van der Waals surface area (Å²) in [6.07, 6.45) is 0.733. The first-order chi connectivity index (χ1) is 3.18. The molecule has 0 aliphatic carbocycles. The second-order valence-electron chi connectivity index (χ2n) is 1.49. The van der Waals surface area contributed by atoms with Gasteiger partial charge in [-0.1, -0.05) is 6.92 Å². The SMILES string of the molecule is CC[C@H](Cl)C(C)=O. The largest absolute Gasteiger partial charge is 0.298 e. The zero-order chi connectivity index (χ0) is 5.86. The first-order valence-corrected chi connectivity index (χ1v) is 2.76. The Morgan fingerprint density at radius 2 is 2.29 bits per heavy atom. The zero-order valence-corrected chi connectivity index (χ0v) is 5.33. The second-order valence-corrected chi connectivity index (χ2v) is 2.01. The molecule has 0 rings (SSSR count). The average molecular weight is 121 g/mol. The Kier molecular flexibility index (Phi) is 3.01.